The Balaban J connectivity index is 2.49. The molecule has 1 heterocycles. The van der Waals surface area contributed by atoms with Gasteiger partial charge in [-0.15, -0.1) is 0 Å². The van der Waals surface area contributed by atoms with E-state index in [2.05, 4.69) is 80.7 Å². The van der Waals surface area contributed by atoms with E-state index in [1.807, 2.05) is 18.2 Å². The molecule has 13 heteroatoms. The van der Waals surface area contributed by atoms with Crippen molar-refractivity contribution in [3.8, 4) is 0 Å². The molecule has 0 aromatic rings. The van der Waals surface area contributed by atoms with Crippen LogP contribution in [0, 0.1) is 0 Å². The second-order valence-electron chi connectivity index (χ2n) is 15.0. The van der Waals surface area contributed by atoms with Crippen LogP contribution in [0.3, 0.4) is 0 Å². The summed E-state index contributed by atoms with van der Waals surface area (Å²) in [7, 11) is -4.62. The predicted molar refractivity (Wildman–Crippen MR) is 238 cm³/mol. The molecule has 0 radical (unpaired) electrons. The Morgan fingerprint density at radius 2 is 1.08 bits per heavy atom. The first-order valence-electron chi connectivity index (χ1n) is 22.1. The van der Waals surface area contributed by atoms with Gasteiger partial charge in [0.1, 0.15) is 36.8 Å². The molecule has 1 fully saturated rings. The van der Waals surface area contributed by atoms with Crippen LogP contribution in [0.2, 0.25) is 0 Å². The van der Waals surface area contributed by atoms with Crippen LogP contribution in [0.1, 0.15) is 142 Å². The average Bonchev–Trinajstić information content (AvgIpc) is 3.21. The number of carbonyl (C=O) groups excluding carboxylic acids is 2. The van der Waals surface area contributed by atoms with Gasteiger partial charge in [0.2, 0.25) is 0 Å². The first-order valence-corrected chi connectivity index (χ1v) is 23.8. The second kappa shape index (κ2) is 36.5. The van der Waals surface area contributed by atoms with Gasteiger partial charge in [0.05, 0.1) is 6.61 Å². The van der Waals surface area contributed by atoms with Crippen LogP contribution in [0.5, 0.6) is 0 Å². The van der Waals surface area contributed by atoms with Crippen molar-refractivity contribution < 1.29 is 56.8 Å². The van der Waals surface area contributed by atoms with Gasteiger partial charge in [-0.05, 0) is 77.0 Å². The van der Waals surface area contributed by atoms with E-state index in [0.29, 0.717) is 19.3 Å². The van der Waals surface area contributed by atoms with Gasteiger partial charge < -0.3 is 34.3 Å². The quantitative estimate of drug-likeness (QED) is 0.0206. The second-order valence-corrected chi connectivity index (χ2v) is 16.5. The summed E-state index contributed by atoms with van der Waals surface area (Å²) < 4.78 is 53.9. The molecule has 1 saturated heterocycles. The average molecular weight is 865 g/mol. The third kappa shape index (κ3) is 30.8. The maximum Gasteiger partial charge on any atom is 0.306 e. The van der Waals surface area contributed by atoms with E-state index in [0.717, 1.165) is 70.6 Å². The number of esters is 2. The van der Waals surface area contributed by atoms with Gasteiger partial charge in [-0.3, -0.25) is 14.1 Å². The minimum absolute atomic E-state index is 0.0353. The summed E-state index contributed by atoms with van der Waals surface area (Å²) in [6.45, 7) is 3.52. The Kier molecular flexibility index (Phi) is 33.3. The molecule has 6 unspecified atom stereocenters. The standard InChI is InChI=1S/C47H76O12S/c1-3-5-7-9-11-13-15-17-18-19-20-21-22-24-25-27-29-31-33-35-42(48)56-37-40(38-57-47-46(52)45(51)44(50)41(59-47)39-60(53,54)55)58-43(49)36-34-32-30-28-26-23-16-14-12-10-8-6-4-2/h6,8,11-14,17-18,20-21,23,26,30,32,40-41,44-47,50-52H,3-5,7,9-10,15-16,19,22,24-25,27-29,31,33-39H2,1-2H3,(H,53,54,55)/b8-6-,13-11-,14-12-,18-17-,21-20-,26-23-,32-30-. The molecule has 342 valence electrons. The number of hydrogen-bond acceptors (Lipinski definition) is 11. The molecule has 0 amide bonds. The number of ether oxygens (including phenoxy) is 4. The van der Waals surface area contributed by atoms with Crippen molar-refractivity contribution in [2.45, 2.75) is 179 Å². The Labute approximate surface area is 360 Å². The van der Waals surface area contributed by atoms with Gasteiger partial charge in [-0.25, -0.2) is 0 Å². The third-order valence-corrected chi connectivity index (χ3v) is 10.2. The number of allylic oxidation sites excluding steroid dienone is 14. The molecule has 0 aromatic heterocycles. The fourth-order valence-electron chi connectivity index (χ4n) is 6.05. The van der Waals surface area contributed by atoms with Crippen molar-refractivity contribution in [2.75, 3.05) is 19.0 Å². The number of hydrogen-bond donors (Lipinski definition) is 4. The number of unbranched alkanes of at least 4 members (excludes halogenated alkanes) is 9. The fraction of sp³-hybridized carbons (Fsp3) is 0.660. The van der Waals surface area contributed by atoms with Crippen molar-refractivity contribution in [1.29, 1.82) is 0 Å². The SMILES string of the molecule is CC/C=C\C/C=C\C/C=C\C/C=C\CCC(=O)OC(COC(=O)CCCCCCCC/C=C\C/C=C\C/C=C\CCCCC)COC1OC(CS(=O)(=O)O)C(O)C(O)C1O. The molecule has 1 rings (SSSR count). The molecule has 4 N–H and O–H groups in total. The minimum Gasteiger partial charge on any atom is -0.462 e. The lowest BCUT2D eigenvalue weighted by Crippen LogP contribution is -2.60. The molecule has 1 aliphatic rings. The first kappa shape index (κ1) is 54.8. The van der Waals surface area contributed by atoms with Crippen molar-refractivity contribution in [1.82, 2.24) is 0 Å². The minimum atomic E-state index is -4.62. The zero-order valence-corrected chi connectivity index (χ0v) is 37.1. The van der Waals surface area contributed by atoms with Crippen LogP contribution in [-0.2, 0) is 38.7 Å². The van der Waals surface area contributed by atoms with E-state index in [4.69, 9.17) is 18.9 Å². The topological polar surface area (TPSA) is 186 Å². The summed E-state index contributed by atoms with van der Waals surface area (Å²) in [6, 6.07) is 0. The van der Waals surface area contributed by atoms with E-state index in [9.17, 15) is 37.9 Å². The molecule has 0 bridgehead atoms. The van der Waals surface area contributed by atoms with Crippen LogP contribution in [0.15, 0.2) is 85.1 Å². The summed E-state index contributed by atoms with van der Waals surface area (Å²) in [4.78, 5) is 25.3. The van der Waals surface area contributed by atoms with Gasteiger partial charge in [-0.2, -0.15) is 8.42 Å². The predicted octanol–water partition coefficient (Wildman–Crippen LogP) is 8.89. The maximum absolute atomic E-state index is 12.7. The summed E-state index contributed by atoms with van der Waals surface area (Å²) in [5, 5.41) is 30.8. The first-order chi connectivity index (χ1) is 29.0. The van der Waals surface area contributed by atoms with Crippen LogP contribution < -0.4 is 0 Å². The normalized spacial score (nSPS) is 20.9. The maximum atomic E-state index is 12.7. The summed E-state index contributed by atoms with van der Waals surface area (Å²) in [5.41, 5.74) is 0. The number of rotatable bonds is 35. The van der Waals surface area contributed by atoms with E-state index in [-0.39, 0.29) is 19.4 Å². The van der Waals surface area contributed by atoms with Crippen LogP contribution in [0.25, 0.3) is 0 Å². The van der Waals surface area contributed by atoms with Crippen molar-refractivity contribution in [3.05, 3.63) is 85.1 Å². The molecule has 0 aromatic carbocycles. The Bertz CT molecular complexity index is 1430. The lowest BCUT2D eigenvalue weighted by molar-refractivity contribution is -0.297. The van der Waals surface area contributed by atoms with Gasteiger partial charge in [-0.1, -0.05) is 137 Å². The summed E-state index contributed by atoms with van der Waals surface area (Å²) in [5.74, 6) is -2.12. The molecule has 1 aliphatic heterocycles. The lowest BCUT2D eigenvalue weighted by Gasteiger charge is -2.40. The van der Waals surface area contributed by atoms with Gasteiger partial charge >= 0.3 is 11.9 Å². The van der Waals surface area contributed by atoms with E-state index in [1.165, 1.54) is 25.7 Å². The van der Waals surface area contributed by atoms with Gasteiger partial charge in [0, 0.05) is 12.8 Å². The molecule has 12 nitrogen and oxygen atoms in total. The number of carbonyl (C=O) groups is 2. The fourth-order valence-corrected chi connectivity index (χ4v) is 6.74. The highest BCUT2D eigenvalue weighted by atomic mass is 32.2. The smallest absolute Gasteiger partial charge is 0.306 e. The molecule has 60 heavy (non-hydrogen) atoms. The van der Waals surface area contributed by atoms with Crippen molar-refractivity contribution >= 4 is 22.1 Å². The van der Waals surface area contributed by atoms with E-state index >= 15 is 0 Å². The van der Waals surface area contributed by atoms with Crippen molar-refractivity contribution in [3.63, 3.8) is 0 Å². The number of aliphatic hydroxyl groups is 3. The molecule has 0 spiro atoms. The van der Waals surface area contributed by atoms with E-state index < -0.39 is 71.2 Å². The highest BCUT2D eigenvalue weighted by Gasteiger charge is 2.46. The third-order valence-electron chi connectivity index (χ3n) is 9.47. The number of aliphatic hydroxyl groups excluding tert-OH is 3. The lowest BCUT2D eigenvalue weighted by atomic mass is 10.00. The Morgan fingerprint density at radius 3 is 1.63 bits per heavy atom. The molecule has 6 atom stereocenters. The zero-order chi connectivity index (χ0) is 44.1. The van der Waals surface area contributed by atoms with Gasteiger partial charge in [0.25, 0.3) is 10.1 Å². The summed E-state index contributed by atoms with van der Waals surface area (Å²) in [6.07, 6.45) is 37.9. The molecule has 0 saturated carbocycles. The molecule has 0 aliphatic carbocycles. The molecular weight excluding hydrogens is 789 g/mol. The van der Waals surface area contributed by atoms with E-state index in [1.54, 1.807) is 0 Å². The monoisotopic (exact) mass is 865 g/mol. The van der Waals surface area contributed by atoms with Crippen LogP contribution in [0.4, 0.5) is 0 Å². The Morgan fingerprint density at radius 1 is 0.583 bits per heavy atom. The Hall–Kier alpha value is -3.17. The zero-order valence-electron chi connectivity index (χ0n) is 36.3. The van der Waals surface area contributed by atoms with Crippen LogP contribution in [-0.4, -0.2) is 96.0 Å². The van der Waals surface area contributed by atoms with Crippen LogP contribution >= 0.6 is 0 Å². The largest absolute Gasteiger partial charge is 0.462 e. The summed E-state index contributed by atoms with van der Waals surface area (Å²) >= 11 is 0. The highest BCUT2D eigenvalue weighted by Crippen LogP contribution is 2.24. The van der Waals surface area contributed by atoms with Gasteiger partial charge in [0.15, 0.2) is 12.4 Å². The van der Waals surface area contributed by atoms with Crippen molar-refractivity contribution in [2.24, 2.45) is 0 Å². The highest BCUT2D eigenvalue weighted by molar-refractivity contribution is 7.85. The molecular formula is C47H76O12S.